The molecule has 1 atom stereocenters. The molecule has 3 nitrogen and oxygen atoms in total. The molecule has 0 amide bonds. The van der Waals surface area contributed by atoms with Gasteiger partial charge in [0.2, 0.25) is 0 Å². The van der Waals surface area contributed by atoms with Gasteiger partial charge in [-0.2, -0.15) is 0 Å². The third-order valence-corrected chi connectivity index (χ3v) is 3.79. The molecule has 3 aromatic rings. The first-order valence-corrected chi connectivity index (χ1v) is 7.11. The van der Waals surface area contributed by atoms with Crippen molar-refractivity contribution < 1.29 is 5.11 Å². The standard InChI is InChI=1S/C17H15ClN2O/c1-11(12-4-6-13(21)7-5-12)20-16-9-8-15(18)17-14(16)3-2-10-19-17/h2-11,20-21H,1H3. The van der Waals surface area contributed by atoms with Crippen molar-refractivity contribution in [2.24, 2.45) is 0 Å². The fourth-order valence-electron chi connectivity index (χ4n) is 2.34. The second-order valence-electron chi connectivity index (χ2n) is 4.95. The summed E-state index contributed by atoms with van der Waals surface area (Å²) in [6.45, 7) is 2.07. The van der Waals surface area contributed by atoms with Crippen molar-refractivity contribution in [2.45, 2.75) is 13.0 Å². The highest BCUT2D eigenvalue weighted by Crippen LogP contribution is 2.30. The number of aromatic hydroxyl groups is 1. The fraction of sp³-hybridized carbons (Fsp3) is 0.118. The lowest BCUT2D eigenvalue weighted by molar-refractivity contribution is 0.475. The van der Waals surface area contributed by atoms with Crippen LogP contribution in [-0.4, -0.2) is 10.1 Å². The zero-order valence-corrected chi connectivity index (χ0v) is 12.3. The number of hydrogen-bond acceptors (Lipinski definition) is 3. The van der Waals surface area contributed by atoms with Crippen LogP contribution in [-0.2, 0) is 0 Å². The summed E-state index contributed by atoms with van der Waals surface area (Å²) in [5, 5.41) is 14.5. The average Bonchev–Trinajstić information content (AvgIpc) is 2.51. The molecule has 0 aliphatic rings. The second-order valence-corrected chi connectivity index (χ2v) is 5.36. The van der Waals surface area contributed by atoms with Gasteiger partial charge in [0, 0.05) is 23.3 Å². The molecule has 4 heteroatoms. The first-order chi connectivity index (χ1) is 10.1. The SMILES string of the molecule is CC(Nc1ccc(Cl)c2ncccc12)c1ccc(O)cc1. The number of nitrogens with zero attached hydrogens (tertiary/aromatic N) is 1. The summed E-state index contributed by atoms with van der Waals surface area (Å²) in [5.74, 6) is 0.270. The molecule has 1 heterocycles. The maximum absolute atomic E-state index is 9.36. The number of halogens is 1. The summed E-state index contributed by atoms with van der Waals surface area (Å²) in [5.41, 5.74) is 2.88. The average molecular weight is 299 g/mol. The minimum absolute atomic E-state index is 0.107. The van der Waals surface area contributed by atoms with Crippen molar-refractivity contribution in [2.75, 3.05) is 5.32 Å². The zero-order chi connectivity index (χ0) is 14.8. The molecule has 2 N–H and O–H groups in total. The number of phenols is 1. The van der Waals surface area contributed by atoms with Gasteiger partial charge in [-0.05, 0) is 48.9 Å². The lowest BCUT2D eigenvalue weighted by Gasteiger charge is -2.17. The van der Waals surface area contributed by atoms with Crippen LogP contribution in [0.15, 0.2) is 54.7 Å². The van der Waals surface area contributed by atoms with E-state index in [4.69, 9.17) is 11.6 Å². The molecule has 106 valence electrons. The molecule has 21 heavy (non-hydrogen) atoms. The molecule has 1 aromatic heterocycles. The number of rotatable bonds is 3. The van der Waals surface area contributed by atoms with Gasteiger partial charge < -0.3 is 10.4 Å². The van der Waals surface area contributed by atoms with Crippen LogP contribution in [0.4, 0.5) is 5.69 Å². The topological polar surface area (TPSA) is 45.2 Å². The Morgan fingerprint density at radius 2 is 1.86 bits per heavy atom. The van der Waals surface area contributed by atoms with E-state index in [1.165, 1.54) is 0 Å². The molecule has 0 radical (unpaired) electrons. The summed E-state index contributed by atoms with van der Waals surface area (Å²) in [7, 11) is 0. The van der Waals surface area contributed by atoms with Crippen LogP contribution < -0.4 is 5.32 Å². The molecule has 1 unspecified atom stereocenters. The van der Waals surface area contributed by atoms with E-state index in [2.05, 4.69) is 17.2 Å². The molecule has 0 spiro atoms. The monoisotopic (exact) mass is 298 g/mol. The Bertz CT molecular complexity index is 771. The van der Waals surface area contributed by atoms with Gasteiger partial charge in [0.15, 0.2) is 0 Å². The van der Waals surface area contributed by atoms with Crippen molar-refractivity contribution in [3.05, 3.63) is 65.3 Å². The lowest BCUT2D eigenvalue weighted by atomic mass is 10.1. The van der Waals surface area contributed by atoms with E-state index in [1.807, 2.05) is 36.4 Å². The minimum atomic E-state index is 0.107. The molecule has 3 rings (SSSR count). The number of aromatic nitrogens is 1. The third kappa shape index (κ3) is 2.78. The van der Waals surface area contributed by atoms with Gasteiger partial charge in [0.25, 0.3) is 0 Å². The van der Waals surface area contributed by atoms with E-state index < -0.39 is 0 Å². The first kappa shape index (κ1) is 13.7. The molecule has 0 bridgehead atoms. The van der Waals surface area contributed by atoms with Crippen LogP contribution in [0.2, 0.25) is 5.02 Å². The summed E-state index contributed by atoms with van der Waals surface area (Å²) in [6, 6.07) is 15.0. The van der Waals surface area contributed by atoms with Crippen molar-refractivity contribution in [1.29, 1.82) is 0 Å². The summed E-state index contributed by atoms with van der Waals surface area (Å²) >= 11 is 6.18. The predicted molar refractivity (Wildman–Crippen MR) is 86.9 cm³/mol. The fourth-order valence-corrected chi connectivity index (χ4v) is 2.56. The highest BCUT2D eigenvalue weighted by Gasteiger charge is 2.09. The van der Waals surface area contributed by atoms with E-state index in [0.717, 1.165) is 22.2 Å². The number of hydrogen-bond donors (Lipinski definition) is 2. The molecule has 0 saturated carbocycles. The Morgan fingerprint density at radius 3 is 2.62 bits per heavy atom. The Hall–Kier alpha value is -2.26. The minimum Gasteiger partial charge on any atom is -0.508 e. The van der Waals surface area contributed by atoms with Crippen LogP contribution in [0.1, 0.15) is 18.5 Å². The van der Waals surface area contributed by atoms with E-state index in [0.29, 0.717) is 5.02 Å². The van der Waals surface area contributed by atoms with E-state index in [-0.39, 0.29) is 11.8 Å². The smallest absolute Gasteiger partial charge is 0.115 e. The maximum Gasteiger partial charge on any atom is 0.115 e. The molecule has 2 aromatic carbocycles. The highest BCUT2D eigenvalue weighted by atomic mass is 35.5. The van der Waals surface area contributed by atoms with Crippen molar-refractivity contribution in [3.8, 4) is 5.75 Å². The Labute approximate surface area is 128 Å². The maximum atomic E-state index is 9.36. The lowest BCUT2D eigenvalue weighted by Crippen LogP contribution is -2.06. The van der Waals surface area contributed by atoms with Crippen molar-refractivity contribution in [3.63, 3.8) is 0 Å². The molecule has 0 saturated heterocycles. The van der Waals surface area contributed by atoms with Gasteiger partial charge in [-0.15, -0.1) is 0 Å². The molecular formula is C17H15ClN2O. The van der Waals surface area contributed by atoms with Crippen LogP contribution in [0.3, 0.4) is 0 Å². The molecule has 0 aliphatic carbocycles. The number of phenolic OH excluding ortho intramolecular Hbond substituents is 1. The van der Waals surface area contributed by atoms with Crippen LogP contribution in [0.5, 0.6) is 5.75 Å². The van der Waals surface area contributed by atoms with Crippen molar-refractivity contribution >= 4 is 28.2 Å². The number of nitrogens with one attached hydrogen (secondary N) is 1. The van der Waals surface area contributed by atoms with E-state index >= 15 is 0 Å². The quantitative estimate of drug-likeness (QED) is 0.732. The Morgan fingerprint density at radius 1 is 1.10 bits per heavy atom. The zero-order valence-electron chi connectivity index (χ0n) is 11.5. The Balaban J connectivity index is 1.95. The molecule has 0 fully saturated rings. The third-order valence-electron chi connectivity index (χ3n) is 3.49. The van der Waals surface area contributed by atoms with Crippen LogP contribution in [0.25, 0.3) is 10.9 Å². The van der Waals surface area contributed by atoms with E-state index in [9.17, 15) is 5.11 Å². The van der Waals surface area contributed by atoms with Crippen LogP contribution >= 0.6 is 11.6 Å². The number of fused-ring (bicyclic) bond motifs is 1. The number of pyridine rings is 1. The predicted octanol–water partition coefficient (Wildman–Crippen LogP) is 4.77. The molecular weight excluding hydrogens is 284 g/mol. The largest absolute Gasteiger partial charge is 0.508 e. The number of anilines is 1. The number of benzene rings is 2. The summed E-state index contributed by atoms with van der Waals surface area (Å²) in [6.07, 6.45) is 1.74. The van der Waals surface area contributed by atoms with Crippen LogP contribution in [0, 0.1) is 0 Å². The highest BCUT2D eigenvalue weighted by molar-refractivity contribution is 6.35. The summed E-state index contributed by atoms with van der Waals surface area (Å²) < 4.78 is 0. The van der Waals surface area contributed by atoms with Gasteiger partial charge in [0.05, 0.1) is 10.5 Å². The first-order valence-electron chi connectivity index (χ1n) is 6.74. The normalized spacial score (nSPS) is 12.3. The van der Waals surface area contributed by atoms with E-state index in [1.54, 1.807) is 18.3 Å². The summed E-state index contributed by atoms with van der Waals surface area (Å²) in [4.78, 5) is 4.33. The second kappa shape index (κ2) is 5.62. The van der Waals surface area contributed by atoms with Crippen molar-refractivity contribution in [1.82, 2.24) is 4.98 Å². The molecule has 0 aliphatic heterocycles. The van der Waals surface area contributed by atoms with Gasteiger partial charge >= 0.3 is 0 Å². The van der Waals surface area contributed by atoms with Gasteiger partial charge in [-0.1, -0.05) is 23.7 Å². The Kier molecular flexibility index (Phi) is 3.67. The van der Waals surface area contributed by atoms with Gasteiger partial charge in [0.1, 0.15) is 5.75 Å². The van der Waals surface area contributed by atoms with Gasteiger partial charge in [-0.25, -0.2) is 0 Å². The van der Waals surface area contributed by atoms with Gasteiger partial charge in [-0.3, -0.25) is 4.98 Å².